The van der Waals surface area contributed by atoms with E-state index in [9.17, 15) is 14.0 Å². The zero-order chi connectivity index (χ0) is 19.4. The SMILES string of the molecule is CC(C)C(=O)OCC(=O)NCCc1csc2nc(-c3cccc(F)c3)nn12. The van der Waals surface area contributed by atoms with Gasteiger partial charge in [0.1, 0.15) is 5.82 Å². The molecule has 27 heavy (non-hydrogen) atoms. The summed E-state index contributed by atoms with van der Waals surface area (Å²) in [6.07, 6.45) is 0.538. The Kier molecular flexibility index (Phi) is 5.80. The summed E-state index contributed by atoms with van der Waals surface area (Å²) in [5.41, 5.74) is 1.49. The number of esters is 1. The summed E-state index contributed by atoms with van der Waals surface area (Å²) in [5, 5.41) is 9.04. The number of fused-ring (bicyclic) bond motifs is 1. The van der Waals surface area contributed by atoms with E-state index in [0.29, 0.717) is 29.3 Å². The maximum Gasteiger partial charge on any atom is 0.308 e. The number of carbonyl (C=O) groups excluding carboxylic acids is 2. The number of benzene rings is 1. The standard InChI is InChI=1S/C18H19FN4O3S/c1-11(2)17(25)26-9-15(24)20-7-6-14-10-27-18-21-16(22-23(14)18)12-4-3-5-13(19)8-12/h3-5,8,10-11H,6-7,9H2,1-2H3,(H,20,24). The van der Waals surface area contributed by atoms with Gasteiger partial charge in [-0.25, -0.2) is 8.91 Å². The number of halogens is 1. The number of nitrogens with zero attached hydrogens (tertiary/aromatic N) is 3. The highest BCUT2D eigenvalue weighted by molar-refractivity contribution is 7.15. The van der Waals surface area contributed by atoms with Crippen molar-refractivity contribution in [1.82, 2.24) is 19.9 Å². The van der Waals surface area contributed by atoms with Crippen molar-refractivity contribution in [3.05, 3.63) is 41.2 Å². The molecular weight excluding hydrogens is 371 g/mol. The van der Waals surface area contributed by atoms with E-state index >= 15 is 0 Å². The molecule has 0 bridgehead atoms. The van der Waals surface area contributed by atoms with Crippen LogP contribution in [-0.2, 0) is 20.7 Å². The van der Waals surface area contributed by atoms with Gasteiger partial charge in [0.05, 0.1) is 11.6 Å². The molecule has 1 N–H and O–H groups in total. The number of hydrogen-bond acceptors (Lipinski definition) is 6. The van der Waals surface area contributed by atoms with Crippen LogP contribution in [0.15, 0.2) is 29.6 Å². The lowest BCUT2D eigenvalue weighted by atomic mass is 10.2. The van der Waals surface area contributed by atoms with Gasteiger partial charge in [-0.05, 0) is 12.1 Å². The first-order valence-corrected chi connectivity index (χ1v) is 9.34. The highest BCUT2D eigenvalue weighted by atomic mass is 32.1. The Bertz CT molecular complexity index is 967. The second kappa shape index (κ2) is 8.26. The molecule has 0 radical (unpaired) electrons. The van der Waals surface area contributed by atoms with Crippen LogP contribution in [0.5, 0.6) is 0 Å². The highest BCUT2D eigenvalue weighted by Gasteiger charge is 2.13. The van der Waals surface area contributed by atoms with E-state index in [1.807, 2.05) is 5.38 Å². The summed E-state index contributed by atoms with van der Waals surface area (Å²) in [7, 11) is 0. The molecule has 0 spiro atoms. The maximum atomic E-state index is 13.4. The maximum absolute atomic E-state index is 13.4. The van der Waals surface area contributed by atoms with Gasteiger partial charge in [0, 0.05) is 23.9 Å². The van der Waals surface area contributed by atoms with Crippen LogP contribution in [-0.4, -0.2) is 39.6 Å². The Hall–Kier alpha value is -2.81. The van der Waals surface area contributed by atoms with Gasteiger partial charge in [-0.15, -0.1) is 16.4 Å². The van der Waals surface area contributed by atoms with E-state index in [-0.39, 0.29) is 24.2 Å². The van der Waals surface area contributed by atoms with Crippen LogP contribution >= 0.6 is 11.3 Å². The molecule has 1 aromatic carbocycles. The Morgan fingerprint density at radius 3 is 2.93 bits per heavy atom. The molecule has 1 amide bonds. The smallest absolute Gasteiger partial charge is 0.308 e. The van der Waals surface area contributed by atoms with Gasteiger partial charge in [0.25, 0.3) is 5.91 Å². The average molecular weight is 390 g/mol. The van der Waals surface area contributed by atoms with Crippen LogP contribution in [0.25, 0.3) is 16.3 Å². The summed E-state index contributed by atoms with van der Waals surface area (Å²) in [4.78, 5) is 28.2. The van der Waals surface area contributed by atoms with Crippen molar-refractivity contribution in [3.63, 3.8) is 0 Å². The molecule has 0 aliphatic rings. The summed E-state index contributed by atoms with van der Waals surface area (Å²) >= 11 is 1.42. The van der Waals surface area contributed by atoms with Crippen molar-refractivity contribution < 1.29 is 18.7 Å². The third-order valence-electron chi connectivity index (χ3n) is 3.75. The first kappa shape index (κ1) is 19.0. The van der Waals surface area contributed by atoms with Crippen molar-refractivity contribution in [3.8, 4) is 11.4 Å². The Morgan fingerprint density at radius 2 is 2.19 bits per heavy atom. The van der Waals surface area contributed by atoms with Gasteiger partial charge in [-0.3, -0.25) is 9.59 Å². The summed E-state index contributed by atoms with van der Waals surface area (Å²) in [5.74, 6) is -0.915. The lowest BCUT2D eigenvalue weighted by Crippen LogP contribution is -2.31. The van der Waals surface area contributed by atoms with Gasteiger partial charge < -0.3 is 10.1 Å². The lowest BCUT2D eigenvalue weighted by Gasteiger charge is -2.07. The molecule has 142 valence electrons. The molecule has 0 aliphatic carbocycles. The third-order valence-corrected chi connectivity index (χ3v) is 4.62. The minimum atomic E-state index is -0.405. The van der Waals surface area contributed by atoms with Crippen LogP contribution in [0.2, 0.25) is 0 Å². The Morgan fingerprint density at radius 1 is 1.37 bits per heavy atom. The first-order valence-electron chi connectivity index (χ1n) is 8.46. The van der Waals surface area contributed by atoms with Crippen LogP contribution < -0.4 is 5.32 Å². The fraction of sp³-hybridized carbons (Fsp3) is 0.333. The van der Waals surface area contributed by atoms with Gasteiger partial charge in [-0.1, -0.05) is 26.0 Å². The topological polar surface area (TPSA) is 85.6 Å². The van der Waals surface area contributed by atoms with Gasteiger partial charge in [0.15, 0.2) is 12.4 Å². The Labute approximate surface area is 159 Å². The number of amides is 1. The third kappa shape index (κ3) is 4.68. The first-order chi connectivity index (χ1) is 12.9. The molecule has 3 aromatic rings. The van der Waals surface area contributed by atoms with Crippen molar-refractivity contribution in [2.24, 2.45) is 5.92 Å². The van der Waals surface area contributed by atoms with E-state index in [1.165, 1.54) is 23.5 Å². The number of carbonyl (C=O) groups is 2. The minimum Gasteiger partial charge on any atom is -0.455 e. The molecule has 0 unspecified atom stereocenters. The fourth-order valence-electron chi connectivity index (χ4n) is 2.33. The van der Waals surface area contributed by atoms with Gasteiger partial charge in [0.2, 0.25) is 4.96 Å². The molecule has 0 saturated carbocycles. The molecule has 2 aromatic heterocycles. The molecule has 0 fully saturated rings. The van der Waals surface area contributed by atoms with Crippen molar-refractivity contribution >= 4 is 28.2 Å². The van der Waals surface area contributed by atoms with Crippen LogP contribution in [0.3, 0.4) is 0 Å². The second-order valence-electron chi connectivity index (χ2n) is 6.23. The van der Waals surface area contributed by atoms with E-state index in [2.05, 4.69) is 15.4 Å². The van der Waals surface area contributed by atoms with Crippen molar-refractivity contribution in [2.75, 3.05) is 13.2 Å². The molecule has 0 atom stereocenters. The van der Waals surface area contributed by atoms with Crippen LogP contribution in [0.4, 0.5) is 4.39 Å². The lowest BCUT2D eigenvalue weighted by molar-refractivity contribution is -0.151. The average Bonchev–Trinajstić information content (AvgIpc) is 3.21. The number of ether oxygens (including phenoxy) is 1. The van der Waals surface area contributed by atoms with E-state index < -0.39 is 5.97 Å². The van der Waals surface area contributed by atoms with E-state index in [4.69, 9.17) is 4.74 Å². The second-order valence-corrected chi connectivity index (χ2v) is 7.07. The van der Waals surface area contributed by atoms with Gasteiger partial charge >= 0.3 is 5.97 Å². The van der Waals surface area contributed by atoms with Crippen LogP contribution in [0, 0.1) is 11.7 Å². The van der Waals surface area contributed by atoms with E-state index in [0.717, 1.165) is 5.69 Å². The normalized spacial score (nSPS) is 11.1. The summed E-state index contributed by atoms with van der Waals surface area (Å²) in [6.45, 7) is 3.50. The quantitative estimate of drug-likeness (QED) is 0.627. The number of rotatable bonds is 7. The molecule has 7 nitrogen and oxygen atoms in total. The summed E-state index contributed by atoms with van der Waals surface area (Å²) in [6, 6.07) is 6.12. The molecule has 0 saturated heterocycles. The minimum absolute atomic E-state index is 0.267. The molecular formula is C18H19FN4O3S. The number of hydrogen-bond donors (Lipinski definition) is 1. The summed E-state index contributed by atoms with van der Waals surface area (Å²) < 4.78 is 19.9. The number of aromatic nitrogens is 3. The Balaban J connectivity index is 1.58. The van der Waals surface area contributed by atoms with Crippen molar-refractivity contribution in [1.29, 1.82) is 0 Å². The number of thiazole rings is 1. The van der Waals surface area contributed by atoms with E-state index in [1.54, 1.807) is 30.5 Å². The fourth-order valence-corrected chi connectivity index (χ4v) is 3.19. The number of nitrogens with one attached hydrogen (secondary N) is 1. The monoisotopic (exact) mass is 390 g/mol. The van der Waals surface area contributed by atoms with Gasteiger partial charge in [-0.2, -0.15) is 4.98 Å². The predicted octanol–water partition coefficient (Wildman–Crippen LogP) is 2.45. The predicted molar refractivity (Wildman–Crippen MR) is 98.8 cm³/mol. The molecule has 0 aliphatic heterocycles. The molecule has 2 heterocycles. The highest BCUT2D eigenvalue weighted by Crippen LogP contribution is 2.21. The molecule has 3 rings (SSSR count). The largest absolute Gasteiger partial charge is 0.455 e. The molecule has 9 heteroatoms. The zero-order valence-corrected chi connectivity index (χ0v) is 15.8. The zero-order valence-electron chi connectivity index (χ0n) is 14.9. The van der Waals surface area contributed by atoms with Crippen LogP contribution in [0.1, 0.15) is 19.5 Å². The van der Waals surface area contributed by atoms with Crippen molar-refractivity contribution in [2.45, 2.75) is 20.3 Å².